The molecule has 0 aromatic rings. The van der Waals surface area contributed by atoms with Gasteiger partial charge in [0.15, 0.2) is 0 Å². The van der Waals surface area contributed by atoms with Crippen LogP contribution in [-0.4, -0.2) is 13.1 Å². The summed E-state index contributed by atoms with van der Waals surface area (Å²) < 4.78 is 5.07. The maximum atomic E-state index is 12.2. The van der Waals surface area contributed by atoms with Gasteiger partial charge in [0.1, 0.15) is 0 Å². The Hall–Kier alpha value is -1.31. The molecular weight excluding hydrogens is 332 g/mol. The molecule has 148 valence electrons. The molecule has 0 N–H and O–H groups in total. The summed E-state index contributed by atoms with van der Waals surface area (Å²) in [5.41, 5.74) is 0. The van der Waals surface area contributed by atoms with Gasteiger partial charge in [0.25, 0.3) is 0 Å². The van der Waals surface area contributed by atoms with E-state index in [4.69, 9.17) is 4.74 Å². The van der Waals surface area contributed by atoms with E-state index in [1.807, 2.05) is 0 Å². The van der Waals surface area contributed by atoms with Crippen molar-refractivity contribution in [1.29, 1.82) is 0 Å². The molecule has 2 saturated carbocycles. The first-order chi connectivity index (χ1) is 13.3. The Kier molecular flexibility index (Phi) is 5.90. The van der Waals surface area contributed by atoms with Crippen LogP contribution in [0.5, 0.6) is 0 Å². The number of methoxy groups -OCH3 is 1. The Balaban J connectivity index is 1.29. The standard InChI is InChI=1S/C25H36O2/c1-3-4-5-6-7-8-9-10-11-18-19-14-15-20-21(25(26)27-2)13-12-17-16-22(18)24(19)23(17)20/h3-4,12-15,17-24H,5-11,16H2,1-2H3/b4-3+/t17-,18-,19-,20+,21-,22+,23-,24-/m1/s1. The lowest BCUT2D eigenvalue weighted by Crippen LogP contribution is -2.50. The highest BCUT2D eigenvalue weighted by Gasteiger charge is 2.62. The van der Waals surface area contributed by atoms with Crippen LogP contribution >= 0.6 is 0 Å². The summed E-state index contributed by atoms with van der Waals surface area (Å²) in [7, 11) is 1.52. The van der Waals surface area contributed by atoms with Gasteiger partial charge >= 0.3 is 5.97 Å². The van der Waals surface area contributed by atoms with Crippen molar-refractivity contribution < 1.29 is 9.53 Å². The quantitative estimate of drug-likeness (QED) is 0.285. The molecule has 0 saturated heterocycles. The van der Waals surface area contributed by atoms with E-state index in [2.05, 4.69) is 43.4 Å². The fourth-order valence-corrected chi connectivity index (χ4v) is 6.90. The van der Waals surface area contributed by atoms with Crippen LogP contribution in [0.15, 0.2) is 36.5 Å². The molecule has 0 bridgehead atoms. The van der Waals surface area contributed by atoms with E-state index in [0.717, 1.165) is 23.7 Å². The molecule has 0 aromatic carbocycles. The number of ether oxygens (including phenoxy) is 1. The molecular formula is C25H36O2. The summed E-state index contributed by atoms with van der Waals surface area (Å²) >= 11 is 0. The molecule has 0 aromatic heterocycles. The third kappa shape index (κ3) is 3.45. The third-order valence-electron chi connectivity index (χ3n) is 8.06. The topological polar surface area (TPSA) is 26.3 Å². The van der Waals surface area contributed by atoms with Gasteiger partial charge < -0.3 is 4.74 Å². The zero-order valence-electron chi connectivity index (χ0n) is 17.1. The number of allylic oxidation sites excluding steroid dienone is 5. The number of esters is 1. The molecule has 0 amide bonds. The molecule has 2 nitrogen and oxygen atoms in total. The maximum absolute atomic E-state index is 12.2. The fourth-order valence-electron chi connectivity index (χ4n) is 6.90. The molecule has 0 unspecified atom stereocenters. The SMILES string of the molecule is C/C=C/CCCCCCC[C@@H]1[C@H]2C=C[C@@H]3[C@@H]4[C@H]2[C@H]1C[C@H]4C=C[C@H]3C(=O)OC. The molecule has 4 aliphatic rings. The molecule has 0 spiro atoms. The molecule has 4 aliphatic carbocycles. The predicted octanol–water partition coefficient (Wildman–Crippen LogP) is 5.95. The number of rotatable bonds is 9. The van der Waals surface area contributed by atoms with Crippen LogP contribution < -0.4 is 0 Å². The van der Waals surface area contributed by atoms with E-state index in [1.165, 1.54) is 58.5 Å². The van der Waals surface area contributed by atoms with Crippen LogP contribution in [0.25, 0.3) is 0 Å². The van der Waals surface area contributed by atoms with Gasteiger partial charge in [-0.3, -0.25) is 4.79 Å². The van der Waals surface area contributed by atoms with Crippen molar-refractivity contribution >= 4 is 5.97 Å². The normalized spacial score (nSPS) is 40.8. The van der Waals surface area contributed by atoms with Gasteiger partial charge in [-0.15, -0.1) is 0 Å². The number of carbonyl (C=O) groups excluding carboxylic acids is 1. The summed E-state index contributed by atoms with van der Waals surface area (Å²) in [6, 6.07) is 0. The molecule has 27 heavy (non-hydrogen) atoms. The number of hydrogen-bond donors (Lipinski definition) is 0. The number of unbranched alkanes of at least 4 members (excludes halogenated alkanes) is 5. The van der Waals surface area contributed by atoms with Gasteiger partial charge in [-0.1, -0.05) is 62.1 Å². The molecule has 2 fully saturated rings. The smallest absolute Gasteiger partial charge is 0.313 e. The average Bonchev–Trinajstić information content (AvgIpc) is 3.03. The van der Waals surface area contributed by atoms with Crippen LogP contribution in [0.3, 0.4) is 0 Å². The van der Waals surface area contributed by atoms with Gasteiger partial charge in [0.05, 0.1) is 13.0 Å². The van der Waals surface area contributed by atoms with E-state index in [1.54, 1.807) is 0 Å². The highest BCUT2D eigenvalue weighted by molar-refractivity contribution is 5.75. The van der Waals surface area contributed by atoms with Crippen LogP contribution in [-0.2, 0) is 9.53 Å². The Morgan fingerprint density at radius 3 is 2.59 bits per heavy atom. The summed E-state index contributed by atoms with van der Waals surface area (Å²) in [6.07, 6.45) is 24.8. The third-order valence-corrected chi connectivity index (χ3v) is 8.06. The minimum atomic E-state index is -0.0495. The van der Waals surface area contributed by atoms with Crippen molar-refractivity contribution in [2.75, 3.05) is 7.11 Å². The fraction of sp³-hybridized carbons (Fsp3) is 0.720. The molecule has 8 atom stereocenters. The van der Waals surface area contributed by atoms with Crippen molar-refractivity contribution in [3.05, 3.63) is 36.5 Å². The first-order valence-corrected chi connectivity index (χ1v) is 11.3. The van der Waals surface area contributed by atoms with Gasteiger partial charge in [0.2, 0.25) is 0 Å². The van der Waals surface area contributed by atoms with Crippen molar-refractivity contribution in [2.45, 2.75) is 58.3 Å². The van der Waals surface area contributed by atoms with Gasteiger partial charge in [-0.05, 0) is 74.0 Å². The summed E-state index contributed by atoms with van der Waals surface area (Å²) in [5.74, 6) is 5.14. The second kappa shape index (κ2) is 8.37. The highest BCUT2D eigenvalue weighted by Crippen LogP contribution is 2.67. The zero-order valence-corrected chi connectivity index (χ0v) is 17.1. The van der Waals surface area contributed by atoms with E-state index in [9.17, 15) is 4.79 Å². The van der Waals surface area contributed by atoms with Crippen LogP contribution in [0.2, 0.25) is 0 Å². The Labute approximate surface area is 165 Å². The van der Waals surface area contributed by atoms with Crippen molar-refractivity contribution in [3.63, 3.8) is 0 Å². The second-order valence-corrected chi connectivity index (χ2v) is 9.27. The minimum absolute atomic E-state index is 0.0474. The zero-order chi connectivity index (χ0) is 18.8. The molecule has 0 aliphatic heterocycles. The van der Waals surface area contributed by atoms with E-state index < -0.39 is 0 Å². The molecule has 0 heterocycles. The van der Waals surface area contributed by atoms with Crippen LogP contribution in [0, 0.1) is 47.3 Å². The number of carbonyl (C=O) groups is 1. The highest BCUT2D eigenvalue weighted by atomic mass is 16.5. The monoisotopic (exact) mass is 368 g/mol. The summed E-state index contributed by atoms with van der Waals surface area (Å²) in [6.45, 7) is 2.11. The maximum Gasteiger partial charge on any atom is 0.313 e. The Morgan fingerprint density at radius 1 is 1.00 bits per heavy atom. The summed E-state index contributed by atoms with van der Waals surface area (Å²) in [4.78, 5) is 12.2. The Bertz CT molecular complexity index is 616. The van der Waals surface area contributed by atoms with E-state index >= 15 is 0 Å². The number of hydrogen-bond acceptors (Lipinski definition) is 2. The van der Waals surface area contributed by atoms with Crippen LogP contribution in [0.4, 0.5) is 0 Å². The second-order valence-electron chi connectivity index (χ2n) is 9.27. The lowest BCUT2D eigenvalue weighted by Gasteiger charge is -2.54. The van der Waals surface area contributed by atoms with E-state index in [0.29, 0.717) is 17.8 Å². The molecule has 2 heteroatoms. The van der Waals surface area contributed by atoms with Crippen LogP contribution in [0.1, 0.15) is 58.3 Å². The van der Waals surface area contributed by atoms with E-state index in [-0.39, 0.29) is 11.9 Å². The first kappa shape index (κ1) is 19.0. The lowest BCUT2D eigenvalue weighted by molar-refractivity contribution is -0.146. The van der Waals surface area contributed by atoms with Gasteiger partial charge in [-0.2, -0.15) is 0 Å². The lowest BCUT2D eigenvalue weighted by atomic mass is 9.50. The summed E-state index contributed by atoms with van der Waals surface area (Å²) in [5, 5.41) is 0. The predicted molar refractivity (Wildman–Crippen MR) is 110 cm³/mol. The molecule has 0 radical (unpaired) electrons. The van der Waals surface area contributed by atoms with Crippen molar-refractivity contribution in [3.8, 4) is 0 Å². The average molecular weight is 369 g/mol. The molecule has 4 rings (SSSR count). The van der Waals surface area contributed by atoms with Gasteiger partial charge in [-0.25, -0.2) is 0 Å². The Morgan fingerprint density at radius 2 is 1.78 bits per heavy atom. The van der Waals surface area contributed by atoms with Crippen molar-refractivity contribution in [1.82, 2.24) is 0 Å². The first-order valence-electron chi connectivity index (χ1n) is 11.3. The van der Waals surface area contributed by atoms with Crippen molar-refractivity contribution in [2.24, 2.45) is 47.3 Å². The minimum Gasteiger partial charge on any atom is -0.469 e. The van der Waals surface area contributed by atoms with Gasteiger partial charge in [0, 0.05) is 0 Å². The largest absolute Gasteiger partial charge is 0.469 e.